The molecule has 0 aromatic heterocycles. The fourth-order valence-corrected chi connectivity index (χ4v) is 3.77. The van der Waals surface area contributed by atoms with Crippen molar-refractivity contribution in [1.82, 2.24) is 0 Å². The molecule has 0 aliphatic carbocycles. The van der Waals surface area contributed by atoms with E-state index in [4.69, 9.17) is 0 Å². The van der Waals surface area contributed by atoms with Gasteiger partial charge < -0.3 is 15.0 Å². The van der Waals surface area contributed by atoms with Gasteiger partial charge in [0.1, 0.15) is 0 Å². The molecule has 4 rings (SSSR count). The zero-order valence-electron chi connectivity index (χ0n) is 16.9. The number of carbonyl (C=O) groups is 2. The van der Waals surface area contributed by atoms with Crippen LogP contribution in [-0.2, 0) is 17.7 Å². The zero-order chi connectivity index (χ0) is 20.9. The van der Waals surface area contributed by atoms with Gasteiger partial charge in [-0.2, -0.15) is 0 Å². The van der Waals surface area contributed by atoms with E-state index in [1.807, 2.05) is 24.3 Å². The van der Waals surface area contributed by atoms with Crippen molar-refractivity contribution in [3.05, 3.63) is 95.1 Å². The van der Waals surface area contributed by atoms with Gasteiger partial charge in [0.05, 0.1) is 12.7 Å². The van der Waals surface area contributed by atoms with E-state index < -0.39 is 5.97 Å². The molecule has 1 heterocycles. The number of esters is 1. The van der Waals surface area contributed by atoms with Crippen LogP contribution in [0.5, 0.6) is 0 Å². The number of nitrogens with zero attached hydrogens (tertiary/aromatic N) is 1. The quantitative estimate of drug-likeness (QED) is 0.632. The minimum atomic E-state index is -0.403. The van der Waals surface area contributed by atoms with Crippen molar-refractivity contribution in [2.24, 2.45) is 0 Å². The number of hydrogen-bond acceptors (Lipinski definition) is 4. The van der Waals surface area contributed by atoms with Gasteiger partial charge in [-0.3, -0.25) is 4.79 Å². The summed E-state index contributed by atoms with van der Waals surface area (Å²) in [6.07, 6.45) is 2.29. The van der Waals surface area contributed by atoms with Gasteiger partial charge in [0, 0.05) is 30.0 Å². The Kier molecular flexibility index (Phi) is 5.80. The highest BCUT2D eigenvalue weighted by Crippen LogP contribution is 2.28. The lowest BCUT2D eigenvalue weighted by Crippen LogP contribution is -2.28. The number of fused-ring (bicyclic) bond motifs is 1. The number of anilines is 2. The Bertz CT molecular complexity index is 1040. The van der Waals surface area contributed by atoms with E-state index in [0.717, 1.165) is 25.9 Å². The summed E-state index contributed by atoms with van der Waals surface area (Å²) in [5.74, 6) is -0.588. The van der Waals surface area contributed by atoms with Crippen LogP contribution >= 0.6 is 0 Å². The Balaban J connectivity index is 1.40. The predicted molar refractivity (Wildman–Crippen MR) is 118 cm³/mol. The third kappa shape index (κ3) is 4.35. The summed E-state index contributed by atoms with van der Waals surface area (Å²) in [6.45, 7) is 1.87. The number of ether oxygens (including phenoxy) is 1. The average molecular weight is 400 g/mol. The van der Waals surface area contributed by atoms with Gasteiger partial charge in [0.15, 0.2) is 0 Å². The molecule has 0 atom stereocenters. The predicted octanol–water partition coefficient (Wildman–Crippen LogP) is 4.68. The van der Waals surface area contributed by atoms with E-state index in [9.17, 15) is 9.59 Å². The second-order valence-electron chi connectivity index (χ2n) is 7.37. The molecule has 1 aliphatic rings. The van der Waals surface area contributed by atoms with Crippen LogP contribution in [0.3, 0.4) is 0 Å². The second kappa shape index (κ2) is 8.82. The van der Waals surface area contributed by atoms with Gasteiger partial charge in [-0.1, -0.05) is 30.3 Å². The van der Waals surface area contributed by atoms with Crippen LogP contribution in [0.1, 0.15) is 38.3 Å². The number of hydrogen-bond donors (Lipinski definition) is 1. The number of para-hydroxylation sites is 1. The zero-order valence-corrected chi connectivity index (χ0v) is 16.9. The largest absolute Gasteiger partial charge is 0.465 e. The van der Waals surface area contributed by atoms with Crippen molar-refractivity contribution in [3.8, 4) is 0 Å². The molecular weight excluding hydrogens is 376 g/mol. The molecule has 5 heteroatoms. The lowest BCUT2D eigenvalue weighted by Gasteiger charge is -2.31. The number of carbonyl (C=O) groups excluding carboxylic acids is 2. The minimum absolute atomic E-state index is 0.185. The summed E-state index contributed by atoms with van der Waals surface area (Å²) in [4.78, 5) is 26.4. The smallest absolute Gasteiger partial charge is 0.337 e. The first-order valence-electron chi connectivity index (χ1n) is 10.1. The van der Waals surface area contributed by atoms with Gasteiger partial charge in [-0.15, -0.1) is 0 Å². The number of methoxy groups -OCH3 is 1. The average Bonchev–Trinajstić information content (AvgIpc) is 2.80. The number of aryl methyl sites for hydroxylation is 1. The summed E-state index contributed by atoms with van der Waals surface area (Å²) in [7, 11) is 1.34. The first-order chi connectivity index (χ1) is 14.6. The Labute approximate surface area is 176 Å². The van der Waals surface area contributed by atoms with Crippen molar-refractivity contribution < 1.29 is 14.3 Å². The molecular formula is C25H24N2O3. The molecule has 0 fully saturated rings. The van der Waals surface area contributed by atoms with Crippen LogP contribution in [0, 0.1) is 0 Å². The van der Waals surface area contributed by atoms with Crippen molar-refractivity contribution in [2.45, 2.75) is 19.4 Å². The lowest BCUT2D eigenvalue weighted by molar-refractivity contribution is 0.0600. The minimum Gasteiger partial charge on any atom is -0.465 e. The van der Waals surface area contributed by atoms with Crippen LogP contribution < -0.4 is 10.2 Å². The molecule has 3 aromatic rings. The molecule has 1 N–H and O–H groups in total. The monoisotopic (exact) mass is 400 g/mol. The third-order valence-electron chi connectivity index (χ3n) is 5.36. The third-order valence-corrected chi connectivity index (χ3v) is 5.36. The molecule has 0 spiro atoms. The highest BCUT2D eigenvalue weighted by atomic mass is 16.5. The Hall–Kier alpha value is -3.60. The summed E-state index contributed by atoms with van der Waals surface area (Å²) in [5, 5.41) is 2.85. The van der Waals surface area contributed by atoms with E-state index >= 15 is 0 Å². The SMILES string of the molecule is COC(=O)c1ccc(NC(=O)c2ccc(CN3CCCc4ccccc43)cc2)cc1. The molecule has 5 nitrogen and oxygen atoms in total. The Morgan fingerprint density at radius 3 is 2.37 bits per heavy atom. The molecule has 1 amide bonds. The van der Waals surface area contributed by atoms with Crippen LogP contribution in [0.4, 0.5) is 11.4 Å². The van der Waals surface area contributed by atoms with Gasteiger partial charge in [0.2, 0.25) is 0 Å². The number of nitrogens with one attached hydrogen (secondary N) is 1. The first kappa shape index (κ1) is 19.7. The molecule has 0 radical (unpaired) electrons. The molecule has 152 valence electrons. The topological polar surface area (TPSA) is 58.6 Å². The summed E-state index contributed by atoms with van der Waals surface area (Å²) in [5.41, 5.74) is 5.54. The lowest BCUT2D eigenvalue weighted by atomic mass is 10.0. The Morgan fingerprint density at radius 1 is 0.933 bits per heavy atom. The number of benzene rings is 3. The van der Waals surface area contributed by atoms with Crippen LogP contribution in [-0.4, -0.2) is 25.5 Å². The van der Waals surface area contributed by atoms with Crippen molar-refractivity contribution in [3.63, 3.8) is 0 Å². The Morgan fingerprint density at radius 2 is 1.63 bits per heavy atom. The standard InChI is InChI=1S/C25H24N2O3/c1-30-25(29)21-12-14-22(15-13-21)26-24(28)20-10-8-18(9-11-20)17-27-16-4-6-19-5-2-3-7-23(19)27/h2-3,5,7-15H,4,6,16-17H2,1H3,(H,26,28). The van der Waals surface area contributed by atoms with Crippen LogP contribution in [0.15, 0.2) is 72.8 Å². The van der Waals surface area contributed by atoms with Gasteiger partial charge in [-0.05, 0) is 66.4 Å². The first-order valence-corrected chi connectivity index (χ1v) is 10.1. The summed E-state index contributed by atoms with van der Waals surface area (Å²) < 4.78 is 4.68. The van der Waals surface area contributed by atoms with Crippen LogP contribution in [0.2, 0.25) is 0 Å². The maximum atomic E-state index is 12.5. The normalized spacial score (nSPS) is 12.8. The van der Waals surface area contributed by atoms with Gasteiger partial charge in [-0.25, -0.2) is 4.79 Å². The maximum absolute atomic E-state index is 12.5. The van der Waals surface area contributed by atoms with Gasteiger partial charge >= 0.3 is 5.97 Å². The van der Waals surface area contributed by atoms with Crippen molar-refractivity contribution in [1.29, 1.82) is 0 Å². The van der Waals surface area contributed by atoms with E-state index in [-0.39, 0.29) is 5.91 Å². The van der Waals surface area contributed by atoms with E-state index in [1.54, 1.807) is 24.3 Å². The van der Waals surface area contributed by atoms with Crippen molar-refractivity contribution in [2.75, 3.05) is 23.9 Å². The molecule has 0 saturated heterocycles. The molecule has 0 saturated carbocycles. The number of rotatable bonds is 5. The molecule has 0 unspecified atom stereocenters. The summed E-state index contributed by atoms with van der Waals surface area (Å²) in [6, 6.07) is 22.9. The molecule has 30 heavy (non-hydrogen) atoms. The van der Waals surface area contributed by atoms with Gasteiger partial charge in [0.25, 0.3) is 5.91 Å². The summed E-state index contributed by atoms with van der Waals surface area (Å²) >= 11 is 0. The number of amides is 1. The van der Waals surface area contributed by atoms with Crippen LogP contribution in [0.25, 0.3) is 0 Å². The van der Waals surface area contributed by atoms with E-state index in [2.05, 4.69) is 39.2 Å². The molecule has 3 aromatic carbocycles. The fraction of sp³-hybridized carbons (Fsp3) is 0.200. The second-order valence-corrected chi connectivity index (χ2v) is 7.37. The molecule has 1 aliphatic heterocycles. The van der Waals surface area contributed by atoms with Crippen molar-refractivity contribution >= 4 is 23.3 Å². The highest BCUT2D eigenvalue weighted by Gasteiger charge is 2.16. The fourth-order valence-electron chi connectivity index (χ4n) is 3.77. The van der Waals surface area contributed by atoms with E-state index in [0.29, 0.717) is 16.8 Å². The van der Waals surface area contributed by atoms with E-state index in [1.165, 1.54) is 23.9 Å². The highest BCUT2D eigenvalue weighted by molar-refractivity contribution is 6.04. The molecule has 0 bridgehead atoms. The maximum Gasteiger partial charge on any atom is 0.337 e.